The van der Waals surface area contributed by atoms with Crippen LogP contribution in [0.5, 0.6) is 0 Å². The summed E-state index contributed by atoms with van der Waals surface area (Å²) in [5, 5.41) is 12.9. The van der Waals surface area contributed by atoms with Crippen molar-refractivity contribution in [3.63, 3.8) is 0 Å². The minimum absolute atomic E-state index is 0.452. The first-order valence-electron chi connectivity index (χ1n) is 5.95. The Kier molecular flexibility index (Phi) is 2.05. The van der Waals surface area contributed by atoms with Gasteiger partial charge < -0.3 is 5.11 Å². The van der Waals surface area contributed by atoms with E-state index >= 15 is 0 Å². The van der Waals surface area contributed by atoms with Crippen LogP contribution in [0.4, 0.5) is 0 Å². The monoisotopic (exact) mass is 212 g/mol. The average molecular weight is 212 g/mol. The Labute approximate surface area is 95.7 Å². The summed E-state index contributed by atoms with van der Waals surface area (Å²) in [7, 11) is 0. The number of rotatable bonds is 2. The van der Waals surface area contributed by atoms with Gasteiger partial charge in [0.15, 0.2) is 0 Å². The summed E-state index contributed by atoms with van der Waals surface area (Å²) in [6.07, 6.45) is 1.98. The molecule has 0 aromatic heterocycles. The molecule has 2 aromatic carbocycles. The minimum atomic E-state index is -0.543. The van der Waals surface area contributed by atoms with E-state index in [-0.39, 0.29) is 0 Å². The first-order valence-corrected chi connectivity index (χ1v) is 5.95. The van der Waals surface area contributed by atoms with E-state index in [0.29, 0.717) is 5.92 Å². The molecule has 0 bridgehead atoms. The normalized spacial score (nSPS) is 28.2. The van der Waals surface area contributed by atoms with Crippen molar-refractivity contribution >= 4 is 10.8 Å². The maximum Gasteiger partial charge on any atom is 0.0929 e. The van der Waals surface area contributed by atoms with Gasteiger partial charge in [-0.05, 0) is 34.7 Å². The lowest BCUT2D eigenvalue weighted by Gasteiger charge is -2.11. The van der Waals surface area contributed by atoms with Gasteiger partial charge in [0.05, 0.1) is 5.60 Å². The molecule has 0 heterocycles. The van der Waals surface area contributed by atoms with Gasteiger partial charge in [-0.15, -0.1) is 0 Å². The number of benzene rings is 2. The van der Waals surface area contributed by atoms with Gasteiger partial charge >= 0.3 is 0 Å². The zero-order chi connectivity index (χ0) is 11.2. The van der Waals surface area contributed by atoms with E-state index in [2.05, 4.69) is 37.3 Å². The van der Waals surface area contributed by atoms with Gasteiger partial charge in [-0.1, -0.05) is 49.7 Å². The van der Waals surface area contributed by atoms with Gasteiger partial charge in [0, 0.05) is 0 Å². The molecule has 1 saturated carbocycles. The SMILES string of the molecule is CCC1CC1(O)c1ccc2ccccc2c1. The zero-order valence-corrected chi connectivity index (χ0v) is 9.48. The first-order chi connectivity index (χ1) is 7.74. The fourth-order valence-corrected chi connectivity index (χ4v) is 2.61. The van der Waals surface area contributed by atoms with Crippen LogP contribution in [0.25, 0.3) is 10.8 Å². The Hall–Kier alpha value is -1.34. The molecule has 2 atom stereocenters. The molecule has 1 aliphatic rings. The zero-order valence-electron chi connectivity index (χ0n) is 9.48. The van der Waals surface area contributed by atoms with Crippen molar-refractivity contribution in [3.05, 3.63) is 48.0 Å². The van der Waals surface area contributed by atoms with Gasteiger partial charge in [0.25, 0.3) is 0 Å². The molecule has 2 aromatic rings. The Balaban J connectivity index is 2.06. The van der Waals surface area contributed by atoms with E-state index in [0.717, 1.165) is 18.4 Å². The fourth-order valence-electron chi connectivity index (χ4n) is 2.61. The molecule has 1 fully saturated rings. The van der Waals surface area contributed by atoms with Crippen LogP contribution in [0.2, 0.25) is 0 Å². The predicted molar refractivity (Wildman–Crippen MR) is 66.2 cm³/mol. The summed E-state index contributed by atoms with van der Waals surface area (Å²) in [5.74, 6) is 0.452. The van der Waals surface area contributed by atoms with Gasteiger partial charge in [-0.3, -0.25) is 0 Å². The molecule has 16 heavy (non-hydrogen) atoms. The average Bonchev–Trinajstić information content (AvgIpc) is 3.01. The summed E-state index contributed by atoms with van der Waals surface area (Å²) in [4.78, 5) is 0. The Morgan fingerprint density at radius 1 is 1.19 bits per heavy atom. The molecule has 2 unspecified atom stereocenters. The van der Waals surface area contributed by atoms with Gasteiger partial charge in [0.2, 0.25) is 0 Å². The summed E-state index contributed by atoms with van der Waals surface area (Å²) < 4.78 is 0. The second kappa shape index (κ2) is 3.33. The standard InChI is InChI=1S/C15H16O/c1-2-13-10-15(13,16)14-8-7-11-5-3-4-6-12(11)9-14/h3-9,13,16H,2,10H2,1H3. The molecule has 0 saturated heterocycles. The molecule has 0 radical (unpaired) electrons. The van der Waals surface area contributed by atoms with Crippen molar-refractivity contribution < 1.29 is 5.11 Å². The summed E-state index contributed by atoms with van der Waals surface area (Å²) in [6.45, 7) is 2.14. The first kappa shape index (κ1) is 9.86. The lowest BCUT2D eigenvalue weighted by molar-refractivity contribution is 0.130. The summed E-state index contributed by atoms with van der Waals surface area (Å²) in [5.41, 5.74) is 0.539. The largest absolute Gasteiger partial charge is 0.385 e. The predicted octanol–water partition coefficient (Wildman–Crippen LogP) is 3.46. The third-order valence-corrected chi connectivity index (χ3v) is 3.82. The van der Waals surface area contributed by atoms with E-state index in [1.807, 2.05) is 12.1 Å². The van der Waals surface area contributed by atoms with Crippen LogP contribution in [-0.4, -0.2) is 5.11 Å². The van der Waals surface area contributed by atoms with Crippen molar-refractivity contribution in [2.45, 2.75) is 25.4 Å². The maximum absolute atomic E-state index is 10.4. The van der Waals surface area contributed by atoms with E-state index in [4.69, 9.17) is 0 Å². The van der Waals surface area contributed by atoms with E-state index in [9.17, 15) is 5.11 Å². The third-order valence-electron chi connectivity index (χ3n) is 3.82. The Bertz CT molecular complexity index is 532. The van der Waals surface area contributed by atoms with Gasteiger partial charge in [0.1, 0.15) is 0 Å². The van der Waals surface area contributed by atoms with E-state index < -0.39 is 5.60 Å². The van der Waals surface area contributed by atoms with Crippen LogP contribution in [0.1, 0.15) is 25.3 Å². The van der Waals surface area contributed by atoms with Crippen molar-refractivity contribution in [2.75, 3.05) is 0 Å². The van der Waals surface area contributed by atoms with Gasteiger partial charge in [-0.25, -0.2) is 0 Å². The molecule has 0 spiro atoms. The summed E-state index contributed by atoms with van der Waals surface area (Å²) in [6, 6.07) is 14.6. The molecule has 1 aliphatic carbocycles. The number of fused-ring (bicyclic) bond motifs is 1. The Morgan fingerprint density at radius 2 is 1.94 bits per heavy atom. The second-order valence-electron chi connectivity index (χ2n) is 4.80. The highest BCUT2D eigenvalue weighted by molar-refractivity contribution is 5.83. The smallest absolute Gasteiger partial charge is 0.0929 e. The molecule has 1 nitrogen and oxygen atoms in total. The molecule has 82 valence electrons. The molecule has 1 N–H and O–H groups in total. The number of hydrogen-bond acceptors (Lipinski definition) is 1. The van der Waals surface area contributed by atoms with Crippen LogP contribution in [-0.2, 0) is 5.60 Å². The second-order valence-corrected chi connectivity index (χ2v) is 4.80. The lowest BCUT2D eigenvalue weighted by Crippen LogP contribution is -2.08. The van der Waals surface area contributed by atoms with Crippen molar-refractivity contribution in [2.24, 2.45) is 5.92 Å². The van der Waals surface area contributed by atoms with Crippen molar-refractivity contribution in [3.8, 4) is 0 Å². The molecule has 0 aliphatic heterocycles. The van der Waals surface area contributed by atoms with E-state index in [1.54, 1.807) is 0 Å². The molecule has 3 rings (SSSR count). The van der Waals surface area contributed by atoms with Crippen LogP contribution in [0, 0.1) is 5.92 Å². The van der Waals surface area contributed by atoms with Crippen LogP contribution < -0.4 is 0 Å². The van der Waals surface area contributed by atoms with Crippen molar-refractivity contribution in [1.82, 2.24) is 0 Å². The highest BCUT2D eigenvalue weighted by atomic mass is 16.3. The van der Waals surface area contributed by atoms with E-state index in [1.165, 1.54) is 10.8 Å². The molecule has 0 amide bonds. The topological polar surface area (TPSA) is 20.2 Å². The highest BCUT2D eigenvalue weighted by Gasteiger charge is 2.52. The fraction of sp³-hybridized carbons (Fsp3) is 0.333. The van der Waals surface area contributed by atoms with Crippen LogP contribution in [0.15, 0.2) is 42.5 Å². The number of aliphatic hydroxyl groups is 1. The maximum atomic E-state index is 10.4. The van der Waals surface area contributed by atoms with Crippen molar-refractivity contribution in [1.29, 1.82) is 0 Å². The lowest BCUT2D eigenvalue weighted by atomic mass is 10.0. The van der Waals surface area contributed by atoms with Crippen LogP contribution in [0.3, 0.4) is 0 Å². The highest BCUT2D eigenvalue weighted by Crippen LogP contribution is 2.53. The third kappa shape index (κ3) is 1.35. The summed E-state index contributed by atoms with van der Waals surface area (Å²) >= 11 is 0. The number of hydrogen-bond donors (Lipinski definition) is 1. The molecular formula is C15H16O. The van der Waals surface area contributed by atoms with Gasteiger partial charge in [-0.2, -0.15) is 0 Å². The molecular weight excluding hydrogens is 196 g/mol. The molecule has 1 heteroatoms. The quantitative estimate of drug-likeness (QED) is 0.808. The Morgan fingerprint density at radius 3 is 2.62 bits per heavy atom. The minimum Gasteiger partial charge on any atom is -0.385 e. The van der Waals surface area contributed by atoms with Crippen LogP contribution >= 0.6 is 0 Å².